The van der Waals surface area contributed by atoms with Crippen molar-refractivity contribution in [1.29, 1.82) is 0 Å². The fraction of sp³-hybridized carbons (Fsp3) is 0.571. The number of sulfonamides is 1. The van der Waals surface area contributed by atoms with Gasteiger partial charge in [0.2, 0.25) is 10.0 Å². The molecule has 5 rings (SSSR count). The first kappa shape index (κ1) is 33.8. The molecule has 1 N–H and O–H groups in total. The van der Waals surface area contributed by atoms with E-state index in [1.807, 2.05) is 19.1 Å². The van der Waals surface area contributed by atoms with Gasteiger partial charge in [0.1, 0.15) is 5.75 Å². The standard InChI is InChI=1S/C35H47ClN2O6S/c1-23-8-12-32(43-5)25(3)24(2)20-38-21-35(15-6-7-26-18-28(36)10-11-30(26)35)22-44-33-13-9-27(19-31(33)38)34(39)37-45(40,41)29(17-23)14-16-42-4/h8-13,18-19,23-25,29,32H,6-7,14-17,20-22H2,1-5H3,(H,37,39)/b12-8+/t23-,24-,25+,29+,32-,35-/m0/s1. The highest BCUT2D eigenvalue weighted by atomic mass is 35.5. The summed E-state index contributed by atoms with van der Waals surface area (Å²) >= 11 is 6.42. The first-order chi connectivity index (χ1) is 21.5. The lowest BCUT2D eigenvalue weighted by Gasteiger charge is -2.42. The van der Waals surface area contributed by atoms with Crippen molar-refractivity contribution in [3.8, 4) is 5.75 Å². The number of anilines is 1. The maximum atomic E-state index is 13.6. The van der Waals surface area contributed by atoms with Gasteiger partial charge >= 0.3 is 0 Å². The number of nitrogens with zero attached hydrogens (tertiary/aromatic N) is 1. The van der Waals surface area contributed by atoms with Crippen molar-refractivity contribution >= 4 is 33.2 Å². The van der Waals surface area contributed by atoms with Crippen molar-refractivity contribution < 1.29 is 27.4 Å². The van der Waals surface area contributed by atoms with Crippen LogP contribution in [0.1, 0.15) is 67.9 Å². The summed E-state index contributed by atoms with van der Waals surface area (Å²) in [5, 5.41) is -0.0641. The maximum Gasteiger partial charge on any atom is 0.264 e. The number of halogens is 1. The molecule has 0 saturated carbocycles. The predicted octanol–water partition coefficient (Wildman–Crippen LogP) is 6.16. The SMILES string of the molecule is COCC[C@@H]1C[C@@H](C)/C=C/[C@H](OC)[C@H](C)[C@@H](C)CN2C[C@@]3(CCCc4cc(Cl)ccc43)COc3ccc(cc32)C(=O)NS1(=O)=O. The van der Waals surface area contributed by atoms with E-state index in [2.05, 4.69) is 41.7 Å². The smallest absolute Gasteiger partial charge is 0.264 e. The van der Waals surface area contributed by atoms with E-state index in [9.17, 15) is 13.2 Å². The molecule has 45 heavy (non-hydrogen) atoms. The molecule has 0 radical (unpaired) electrons. The van der Waals surface area contributed by atoms with Crippen LogP contribution < -0.4 is 14.4 Å². The first-order valence-electron chi connectivity index (χ1n) is 16.0. The molecule has 2 bridgehead atoms. The van der Waals surface area contributed by atoms with Crippen LogP contribution in [0.25, 0.3) is 0 Å². The molecule has 8 nitrogen and oxygen atoms in total. The number of aryl methyl sites for hydroxylation is 1. The molecule has 1 amide bonds. The van der Waals surface area contributed by atoms with E-state index < -0.39 is 21.2 Å². The molecule has 2 aromatic rings. The van der Waals surface area contributed by atoms with Gasteiger partial charge in [0.25, 0.3) is 5.91 Å². The number of methoxy groups -OCH3 is 2. The van der Waals surface area contributed by atoms with E-state index in [1.165, 1.54) is 11.1 Å². The maximum absolute atomic E-state index is 13.6. The van der Waals surface area contributed by atoms with Crippen molar-refractivity contribution in [2.45, 2.75) is 69.6 Å². The van der Waals surface area contributed by atoms with Gasteiger partial charge in [-0.15, -0.1) is 0 Å². The van der Waals surface area contributed by atoms with Gasteiger partial charge in [0, 0.05) is 49.9 Å². The van der Waals surface area contributed by atoms with Gasteiger partial charge in [-0.3, -0.25) is 4.79 Å². The number of carbonyl (C=O) groups excluding carboxylic acids is 1. The predicted molar refractivity (Wildman–Crippen MR) is 179 cm³/mol. The summed E-state index contributed by atoms with van der Waals surface area (Å²) in [5.41, 5.74) is 3.32. The number of amides is 1. The van der Waals surface area contributed by atoms with Crippen LogP contribution >= 0.6 is 11.6 Å². The van der Waals surface area contributed by atoms with Crippen LogP contribution in [0.5, 0.6) is 5.75 Å². The number of ether oxygens (including phenoxy) is 3. The Morgan fingerprint density at radius 3 is 2.67 bits per heavy atom. The van der Waals surface area contributed by atoms with Crippen LogP contribution in [0, 0.1) is 17.8 Å². The summed E-state index contributed by atoms with van der Waals surface area (Å²) in [6, 6.07) is 11.4. The summed E-state index contributed by atoms with van der Waals surface area (Å²) in [6.45, 7) is 8.61. The molecule has 0 fully saturated rings. The van der Waals surface area contributed by atoms with Gasteiger partial charge in [-0.25, -0.2) is 13.1 Å². The van der Waals surface area contributed by atoms with E-state index >= 15 is 0 Å². The Hall–Kier alpha value is -2.59. The molecular formula is C35H47ClN2O6S. The Bertz CT molecular complexity index is 1510. The number of carbonyl (C=O) groups is 1. The minimum atomic E-state index is -3.99. The normalized spacial score (nSPS) is 30.9. The molecule has 6 atom stereocenters. The summed E-state index contributed by atoms with van der Waals surface area (Å²) in [7, 11) is -0.723. The summed E-state index contributed by atoms with van der Waals surface area (Å²) in [6.07, 6.45) is 7.55. The van der Waals surface area contributed by atoms with Gasteiger partial charge in [0.15, 0.2) is 0 Å². The number of fused-ring (bicyclic) bond motifs is 3. The first-order valence-corrected chi connectivity index (χ1v) is 18.0. The van der Waals surface area contributed by atoms with Crippen molar-refractivity contribution in [2.75, 3.05) is 45.4 Å². The lowest BCUT2D eigenvalue weighted by atomic mass is 9.70. The van der Waals surface area contributed by atoms with E-state index in [4.69, 9.17) is 25.8 Å². The van der Waals surface area contributed by atoms with Gasteiger partial charge in [-0.05, 0) is 91.3 Å². The lowest BCUT2D eigenvalue weighted by Crippen LogP contribution is -2.47. The highest BCUT2D eigenvalue weighted by Crippen LogP contribution is 2.45. The Balaban J connectivity index is 1.59. The van der Waals surface area contributed by atoms with Crippen molar-refractivity contribution in [1.82, 2.24) is 4.72 Å². The van der Waals surface area contributed by atoms with Crippen LogP contribution in [0.15, 0.2) is 48.6 Å². The second-order valence-corrected chi connectivity index (χ2v) is 15.7. The van der Waals surface area contributed by atoms with E-state index in [1.54, 1.807) is 32.4 Å². The zero-order valence-electron chi connectivity index (χ0n) is 27.1. The average Bonchev–Trinajstić information content (AvgIpc) is 3.15. The number of allylic oxidation sites excluding steroid dienone is 1. The minimum absolute atomic E-state index is 0.0556. The van der Waals surface area contributed by atoms with Crippen LogP contribution in [-0.2, 0) is 31.3 Å². The van der Waals surface area contributed by atoms with Crippen LogP contribution in [0.2, 0.25) is 5.02 Å². The highest BCUT2D eigenvalue weighted by Gasteiger charge is 2.42. The molecule has 0 aromatic heterocycles. The van der Waals surface area contributed by atoms with Crippen molar-refractivity contribution in [2.24, 2.45) is 17.8 Å². The Labute approximate surface area is 273 Å². The van der Waals surface area contributed by atoms with Crippen molar-refractivity contribution in [3.63, 3.8) is 0 Å². The quantitative estimate of drug-likeness (QED) is 0.393. The monoisotopic (exact) mass is 658 g/mol. The molecule has 246 valence electrons. The average molecular weight is 659 g/mol. The summed E-state index contributed by atoms with van der Waals surface area (Å²) < 4.78 is 47.3. The third kappa shape index (κ3) is 7.37. The number of hydrogen-bond acceptors (Lipinski definition) is 7. The van der Waals surface area contributed by atoms with Crippen LogP contribution in [0.4, 0.5) is 5.69 Å². The fourth-order valence-corrected chi connectivity index (χ4v) is 8.98. The Morgan fingerprint density at radius 1 is 1.11 bits per heavy atom. The molecule has 2 aromatic carbocycles. The van der Waals surface area contributed by atoms with E-state index in [-0.39, 0.29) is 47.9 Å². The molecule has 0 saturated heterocycles. The summed E-state index contributed by atoms with van der Waals surface area (Å²) in [5.74, 6) is 0.356. The number of nitrogens with one attached hydrogen (secondary N) is 1. The van der Waals surface area contributed by atoms with Crippen LogP contribution in [-0.4, -0.2) is 66.2 Å². The lowest BCUT2D eigenvalue weighted by molar-refractivity contribution is 0.0741. The van der Waals surface area contributed by atoms with Crippen LogP contribution in [0.3, 0.4) is 0 Å². The Kier molecular flexibility index (Phi) is 10.5. The molecule has 2 aliphatic heterocycles. The second-order valence-electron chi connectivity index (χ2n) is 13.3. The van der Waals surface area contributed by atoms with E-state index in [0.717, 1.165) is 30.0 Å². The molecule has 0 unspecified atom stereocenters. The number of rotatable bonds is 4. The minimum Gasteiger partial charge on any atom is -0.490 e. The number of hydrogen-bond donors (Lipinski definition) is 1. The second kappa shape index (κ2) is 14.0. The summed E-state index contributed by atoms with van der Waals surface area (Å²) in [4.78, 5) is 15.9. The molecule has 3 aliphatic rings. The van der Waals surface area contributed by atoms with E-state index in [0.29, 0.717) is 31.9 Å². The molecular weight excluding hydrogens is 612 g/mol. The van der Waals surface area contributed by atoms with Gasteiger partial charge < -0.3 is 19.1 Å². The van der Waals surface area contributed by atoms with Gasteiger partial charge in [-0.2, -0.15) is 0 Å². The largest absolute Gasteiger partial charge is 0.490 e. The molecule has 10 heteroatoms. The highest BCUT2D eigenvalue weighted by molar-refractivity contribution is 7.90. The van der Waals surface area contributed by atoms with Gasteiger partial charge in [-0.1, -0.05) is 50.6 Å². The third-order valence-electron chi connectivity index (χ3n) is 10.1. The van der Waals surface area contributed by atoms with Crippen molar-refractivity contribution in [3.05, 3.63) is 70.3 Å². The molecule has 2 heterocycles. The zero-order valence-corrected chi connectivity index (χ0v) is 28.6. The zero-order chi connectivity index (χ0) is 32.4. The molecule has 1 aliphatic carbocycles. The van der Waals surface area contributed by atoms with Gasteiger partial charge in [0.05, 0.1) is 23.6 Å². The third-order valence-corrected chi connectivity index (χ3v) is 12.1. The fourth-order valence-electron chi connectivity index (χ4n) is 7.27. The topological polar surface area (TPSA) is 94.2 Å². The number of benzene rings is 2. The molecule has 1 spiro atoms. The Morgan fingerprint density at radius 2 is 1.91 bits per heavy atom.